The smallest absolute Gasteiger partial charge is 0.376 e. The summed E-state index contributed by atoms with van der Waals surface area (Å²) in [5.41, 5.74) is 5.69. The average Bonchev–Trinajstić information content (AvgIpc) is 3.25. The molecule has 3 heterocycles. The van der Waals surface area contributed by atoms with Crippen LogP contribution in [-0.2, 0) is 28.7 Å². The Labute approximate surface area is 467 Å². The Morgan fingerprint density at radius 1 is 0.507 bits per heavy atom. The van der Waals surface area contributed by atoms with E-state index in [0.717, 1.165) is 27.8 Å². The molecule has 14 nitrogen and oxygen atoms in total. The monoisotopic (exact) mass is 1160 g/mol. The van der Waals surface area contributed by atoms with Crippen LogP contribution >= 0.6 is 93.6 Å². The van der Waals surface area contributed by atoms with E-state index in [1.807, 2.05) is 39.0 Å². The highest BCUT2D eigenvalue weighted by atomic mass is 35.5. The van der Waals surface area contributed by atoms with Gasteiger partial charge < -0.3 is 25.2 Å². The van der Waals surface area contributed by atoms with Gasteiger partial charge in [-0.15, -0.1) is 12.4 Å². The lowest BCUT2D eigenvalue weighted by atomic mass is 10.0. The number of hydrogen-bond donors (Lipinski definition) is 3. The molecule has 0 fully saturated rings. The molecule has 3 aromatic carbocycles. The van der Waals surface area contributed by atoms with Gasteiger partial charge in [0.15, 0.2) is 0 Å². The molecule has 3 N–H and O–H groups in total. The number of carbonyl (C=O) groups excluding carboxylic acids is 2. The summed E-state index contributed by atoms with van der Waals surface area (Å²) in [5, 5.41) is 18.9. The molecular weight excluding hydrogens is 1100 g/mol. The SMILES string of the molecule is CCNc1nc(C(=O)O)nc(C)c1Cc1ccc(Cl)cc1Cl.CCNc1nc(C(=O)OC(C)(C)C)nc(C)c1Cc1ccc(Cl)cc1Cl.Cc1nc(C(=O)OC(C)(C)C)nc(Cl)c1Cc1ccc(Cl)cc1Cl.Cl. The van der Waals surface area contributed by atoms with Crippen molar-refractivity contribution >= 4 is 123 Å². The van der Waals surface area contributed by atoms with Crippen LogP contribution in [0.3, 0.4) is 0 Å². The van der Waals surface area contributed by atoms with Gasteiger partial charge in [0, 0.05) is 96.3 Å². The quantitative estimate of drug-likeness (QED) is 0.0731. The number of carboxylic acids is 1. The van der Waals surface area contributed by atoms with Crippen molar-refractivity contribution in [2.24, 2.45) is 0 Å². The molecule has 0 atom stereocenters. The largest absolute Gasteiger partial charge is 0.475 e. The van der Waals surface area contributed by atoms with E-state index in [0.29, 0.717) is 96.8 Å². The molecule has 0 aliphatic carbocycles. The fourth-order valence-corrected chi connectivity index (χ4v) is 8.21. The second-order valence-electron chi connectivity index (χ2n) is 17.9. The molecule has 73 heavy (non-hydrogen) atoms. The predicted octanol–water partition coefficient (Wildman–Crippen LogP) is 14.6. The van der Waals surface area contributed by atoms with E-state index in [1.165, 1.54) is 0 Å². The number of nitrogens with one attached hydrogen (secondary N) is 2. The minimum Gasteiger partial charge on any atom is -0.475 e. The molecule has 0 saturated carbocycles. The summed E-state index contributed by atoms with van der Waals surface area (Å²) in [6.07, 6.45) is 1.46. The maximum Gasteiger partial charge on any atom is 0.376 e. The molecule has 3 aromatic heterocycles. The van der Waals surface area contributed by atoms with E-state index < -0.39 is 29.1 Å². The van der Waals surface area contributed by atoms with Crippen molar-refractivity contribution in [3.8, 4) is 0 Å². The van der Waals surface area contributed by atoms with Crippen LogP contribution in [0.4, 0.5) is 11.6 Å². The standard InChI is InChI=1S/C19H23Cl2N3O2.C17H17Cl3N2O2.C15H15Cl2N3O2.ClH/c1-6-22-16-14(9-12-7-8-13(20)10-15(12)21)11(2)23-17(24-16)18(25)26-19(3,4)5;1-9-12(7-10-5-6-11(18)8-13(10)19)14(20)22-15(21-9)16(23)24-17(2,3)4;1-3-18-13-11(8(2)19-14(20-13)15(21)22)6-9-4-5-10(16)7-12(9)17;/h7-8,10H,6,9H2,1-5H3,(H,22,23,24);5-6,8H,7H2,1-4H3;4-5,7H,3,6H2,1-2H3,(H,21,22)(H,18,19,20);1H. The number of halogens is 8. The maximum atomic E-state index is 12.3. The number of carboxylic acid groups (broad SMARTS) is 1. The van der Waals surface area contributed by atoms with E-state index in [2.05, 4.69) is 40.5 Å². The van der Waals surface area contributed by atoms with Crippen molar-refractivity contribution in [1.29, 1.82) is 0 Å². The van der Waals surface area contributed by atoms with Gasteiger partial charge in [-0.05, 0) is 129 Å². The van der Waals surface area contributed by atoms with Crippen molar-refractivity contribution < 1.29 is 29.0 Å². The molecule has 0 saturated heterocycles. The number of ether oxygens (including phenoxy) is 2. The lowest BCUT2D eigenvalue weighted by Gasteiger charge is -2.20. The van der Waals surface area contributed by atoms with Gasteiger partial charge in [-0.3, -0.25) is 0 Å². The molecule has 0 radical (unpaired) electrons. The molecule has 0 amide bonds. The highest BCUT2D eigenvalue weighted by Crippen LogP contribution is 2.30. The first kappa shape index (κ1) is 62.5. The van der Waals surface area contributed by atoms with Crippen LogP contribution in [0.15, 0.2) is 54.6 Å². The summed E-state index contributed by atoms with van der Waals surface area (Å²) in [6, 6.07) is 15.9. The molecule has 6 aromatic rings. The number of esters is 2. The first-order valence-corrected chi connectivity index (χ1v) is 25.0. The van der Waals surface area contributed by atoms with Crippen LogP contribution in [-0.4, -0.2) is 77.2 Å². The van der Waals surface area contributed by atoms with Crippen LogP contribution in [0.2, 0.25) is 35.3 Å². The zero-order chi connectivity index (χ0) is 53.8. The molecule has 6 rings (SSSR count). The Balaban J connectivity index is 0.000000288. The van der Waals surface area contributed by atoms with E-state index in [-0.39, 0.29) is 35.0 Å². The number of rotatable bonds is 13. The Hall–Kier alpha value is -4.77. The average molecular weight is 1160 g/mol. The summed E-state index contributed by atoms with van der Waals surface area (Å²) >= 11 is 42.7. The number of carbonyl (C=O) groups is 3. The highest BCUT2D eigenvalue weighted by molar-refractivity contribution is 6.36. The lowest BCUT2D eigenvalue weighted by Crippen LogP contribution is -2.26. The molecule has 392 valence electrons. The second-order valence-corrected chi connectivity index (χ2v) is 20.8. The molecule has 0 unspecified atom stereocenters. The van der Waals surface area contributed by atoms with Crippen LogP contribution in [0.25, 0.3) is 0 Å². The van der Waals surface area contributed by atoms with Gasteiger partial charge in [0.25, 0.3) is 0 Å². The van der Waals surface area contributed by atoms with Crippen molar-refractivity contribution in [2.45, 2.75) is 107 Å². The number of anilines is 2. The Morgan fingerprint density at radius 2 is 0.822 bits per heavy atom. The number of aromatic carboxylic acids is 1. The summed E-state index contributed by atoms with van der Waals surface area (Å²) in [5.74, 6) is -1.43. The minimum absolute atomic E-state index is 0. The fraction of sp³-hybridized carbons (Fsp3) is 0.353. The minimum atomic E-state index is -1.15. The number of aromatic nitrogens is 6. The summed E-state index contributed by atoms with van der Waals surface area (Å²) in [6.45, 7) is 21.3. The predicted molar refractivity (Wildman–Crippen MR) is 296 cm³/mol. The molecule has 0 spiro atoms. The molecule has 0 aliphatic heterocycles. The maximum absolute atomic E-state index is 12.3. The lowest BCUT2D eigenvalue weighted by molar-refractivity contribution is 0.00432. The van der Waals surface area contributed by atoms with Crippen LogP contribution in [0.1, 0.15) is 138 Å². The Kier molecular flexibility index (Phi) is 23.7. The van der Waals surface area contributed by atoms with E-state index >= 15 is 0 Å². The Morgan fingerprint density at radius 3 is 1.14 bits per heavy atom. The van der Waals surface area contributed by atoms with E-state index in [9.17, 15) is 14.4 Å². The van der Waals surface area contributed by atoms with Gasteiger partial charge in [-0.25, -0.2) is 44.3 Å². The van der Waals surface area contributed by atoms with Crippen LogP contribution < -0.4 is 10.6 Å². The molecule has 0 bridgehead atoms. The summed E-state index contributed by atoms with van der Waals surface area (Å²) < 4.78 is 10.6. The van der Waals surface area contributed by atoms with E-state index in [1.54, 1.807) is 91.8 Å². The molecular formula is C51H56Cl8N8O6. The first-order chi connectivity index (χ1) is 33.6. The van der Waals surface area contributed by atoms with Gasteiger partial charge in [-0.2, -0.15) is 0 Å². The fourth-order valence-electron chi connectivity index (χ4n) is 6.50. The van der Waals surface area contributed by atoms with Gasteiger partial charge in [0.05, 0.1) is 0 Å². The van der Waals surface area contributed by atoms with Gasteiger partial charge in [0.2, 0.25) is 17.5 Å². The van der Waals surface area contributed by atoms with Crippen molar-refractivity contribution in [1.82, 2.24) is 29.9 Å². The topological polar surface area (TPSA) is 191 Å². The van der Waals surface area contributed by atoms with Crippen molar-refractivity contribution in [3.05, 3.63) is 158 Å². The van der Waals surface area contributed by atoms with Gasteiger partial charge in [0.1, 0.15) is 28.0 Å². The van der Waals surface area contributed by atoms with Crippen LogP contribution in [0, 0.1) is 20.8 Å². The van der Waals surface area contributed by atoms with Crippen LogP contribution in [0.5, 0.6) is 0 Å². The highest BCUT2D eigenvalue weighted by Gasteiger charge is 2.25. The summed E-state index contributed by atoms with van der Waals surface area (Å²) in [4.78, 5) is 60.6. The first-order valence-electron chi connectivity index (χ1n) is 22.4. The second kappa shape index (κ2) is 27.7. The Bertz CT molecular complexity index is 2930. The third-order valence-corrected chi connectivity index (χ3v) is 11.9. The third kappa shape index (κ3) is 19.1. The van der Waals surface area contributed by atoms with E-state index in [4.69, 9.17) is 95.8 Å². The number of nitrogens with zero attached hydrogens (tertiary/aromatic N) is 6. The number of aryl methyl sites for hydroxylation is 3. The number of hydrogen-bond acceptors (Lipinski definition) is 13. The normalized spacial score (nSPS) is 11.0. The van der Waals surface area contributed by atoms with Crippen molar-refractivity contribution in [3.63, 3.8) is 0 Å². The summed E-state index contributed by atoms with van der Waals surface area (Å²) in [7, 11) is 0. The number of benzene rings is 3. The zero-order valence-electron chi connectivity index (χ0n) is 42.0. The molecule has 22 heteroatoms. The zero-order valence-corrected chi connectivity index (χ0v) is 48.1. The van der Waals surface area contributed by atoms with Gasteiger partial charge in [-0.1, -0.05) is 99.4 Å². The van der Waals surface area contributed by atoms with Crippen molar-refractivity contribution in [2.75, 3.05) is 23.7 Å². The third-order valence-electron chi connectivity index (χ3n) is 9.78. The molecule has 0 aliphatic rings. The van der Waals surface area contributed by atoms with Gasteiger partial charge >= 0.3 is 17.9 Å².